The smallest absolute Gasteiger partial charge is 0.273 e. The second-order valence-electron chi connectivity index (χ2n) is 12.1. The number of benzene rings is 2. The van der Waals surface area contributed by atoms with Gasteiger partial charge >= 0.3 is 0 Å². The molecule has 48 heavy (non-hydrogen) atoms. The van der Waals surface area contributed by atoms with Crippen LogP contribution in [0.3, 0.4) is 0 Å². The van der Waals surface area contributed by atoms with Gasteiger partial charge in [0.15, 0.2) is 5.69 Å². The molecule has 2 bridgehead atoms. The highest BCUT2D eigenvalue weighted by Gasteiger charge is 2.31. The maximum atomic E-state index is 14.0. The van der Waals surface area contributed by atoms with Crippen molar-refractivity contribution in [2.24, 2.45) is 7.05 Å². The van der Waals surface area contributed by atoms with Crippen molar-refractivity contribution in [3.8, 4) is 0 Å². The number of aromatic nitrogens is 3. The third-order valence-electron chi connectivity index (χ3n) is 8.69. The van der Waals surface area contributed by atoms with Gasteiger partial charge < -0.3 is 35.2 Å². The minimum Gasteiger partial charge on any atom is -0.443 e. The van der Waals surface area contributed by atoms with E-state index in [1.165, 1.54) is 10.6 Å². The van der Waals surface area contributed by atoms with E-state index in [-0.39, 0.29) is 30.0 Å². The van der Waals surface area contributed by atoms with E-state index in [2.05, 4.69) is 31.2 Å². The van der Waals surface area contributed by atoms with Crippen LogP contribution < -0.4 is 26.8 Å². The minimum atomic E-state index is -1.08. The molecule has 13 nitrogen and oxygen atoms in total. The van der Waals surface area contributed by atoms with Crippen LogP contribution in [0, 0.1) is 6.92 Å². The van der Waals surface area contributed by atoms with Gasteiger partial charge in [-0.3, -0.25) is 24.0 Å². The summed E-state index contributed by atoms with van der Waals surface area (Å²) in [5.41, 5.74) is 1.87. The predicted molar refractivity (Wildman–Crippen MR) is 178 cm³/mol. The van der Waals surface area contributed by atoms with Gasteiger partial charge in [-0.05, 0) is 62.3 Å². The van der Waals surface area contributed by atoms with Crippen LogP contribution in [0.15, 0.2) is 70.0 Å². The maximum Gasteiger partial charge on any atom is 0.273 e. The van der Waals surface area contributed by atoms with Gasteiger partial charge in [0.1, 0.15) is 29.4 Å². The summed E-state index contributed by atoms with van der Waals surface area (Å²) in [5, 5.41) is 12.9. The topological polar surface area (TPSA) is 180 Å². The Balaban J connectivity index is 1.32. The molecule has 1 aliphatic heterocycles. The number of nitrogens with one attached hydrogen (secondary N) is 5. The second kappa shape index (κ2) is 13.6. The fourth-order valence-electron chi connectivity index (χ4n) is 6.04. The van der Waals surface area contributed by atoms with Crippen LogP contribution >= 0.6 is 0 Å². The predicted octanol–water partition coefficient (Wildman–Crippen LogP) is 2.93. The number of para-hydroxylation sites is 2. The molecule has 0 radical (unpaired) electrons. The summed E-state index contributed by atoms with van der Waals surface area (Å²) in [7, 11) is 1.59. The fraction of sp³-hybridized carbons (Fsp3) is 0.314. The standard InChI is InChI=1S/C35H37N7O6/c1-19-34-41-29(20(2)48-34)33(46)36-15-9-8-13-26(39-30(43)24-16-21-10-4-7-14-28(21)42(3)35(24)47)31(44)40-27(32(45)38-19)17-22-18-37-25-12-6-5-11-23(22)25/h4-7,10-12,14,16,18-19,26-27,37H,8-9,13,15,17H2,1-3H3,(H,36,46)(H,38,45)(H,39,43)(H,40,44)/t19-,26+,27-/m1/s1. The zero-order valence-corrected chi connectivity index (χ0v) is 26.9. The molecule has 5 aromatic rings. The van der Waals surface area contributed by atoms with Crippen LogP contribution in [0.5, 0.6) is 0 Å². The summed E-state index contributed by atoms with van der Waals surface area (Å²) in [5.74, 6) is -1.75. The highest BCUT2D eigenvalue weighted by Crippen LogP contribution is 2.21. The zero-order chi connectivity index (χ0) is 33.9. The van der Waals surface area contributed by atoms with Crippen LogP contribution in [0.4, 0.5) is 0 Å². The number of oxazole rings is 1. The first-order chi connectivity index (χ1) is 23.1. The van der Waals surface area contributed by atoms with E-state index in [9.17, 15) is 24.0 Å². The van der Waals surface area contributed by atoms with Crippen molar-refractivity contribution in [1.29, 1.82) is 0 Å². The van der Waals surface area contributed by atoms with Gasteiger partial charge in [0.05, 0.1) is 5.52 Å². The Morgan fingerprint density at radius 2 is 1.79 bits per heavy atom. The largest absolute Gasteiger partial charge is 0.443 e. The lowest BCUT2D eigenvalue weighted by atomic mass is 10.0. The van der Waals surface area contributed by atoms with Gasteiger partial charge in [-0.2, -0.15) is 0 Å². The number of nitrogens with zero attached hydrogens (tertiary/aromatic N) is 2. The van der Waals surface area contributed by atoms with Crippen molar-refractivity contribution in [3.63, 3.8) is 0 Å². The first-order valence-electron chi connectivity index (χ1n) is 15.9. The molecule has 0 saturated heterocycles. The summed E-state index contributed by atoms with van der Waals surface area (Å²) in [6, 6.07) is 13.5. The number of pyridine rings is 1. The molecule has 0 saturated carbocycles. The molecule has 4 amide bonds. The van der Waals surface area contributed by atoms with Gasteiger partial charge in [0.25, 0.3) is 17.4 Å². The van der Waals surface area contributed by atoms with Crippen molar-refractivity contribution >= 4 is 45.4 Å². The monoisotopic (exact) mass is 651 g/mol. The molecule has 0 spiro atoms. The van der Waals surface area contributed by atoms with E-state index in [1.807, 2.05) is 30.3 Å². The van der Waals surface area contributed by atoms with Gasteiger partial charge in [-0.25, -0.2) is 4.98 Å². The number of aryl methyl sites for hydroxylation is 2. The molecule has 6 rings (SSSR count). The molecular formula is C35H37N7O6. The van der Waals surface area contributed by atoms with Crippen LogP contribution in [0.2, 0.25) is 0 Å². The van der Waals surface area contributed by atoms with Gasteiger partial charge in [0.2, 0.25) is 17.7 Å². The molecule has 4 heterocycles. The van der Waals surface area contributed by atoms with Crippen LogP contribution in [-0.2, 0) is 23.1 Å². The van der Waals surface area contributed by atoms with Gasteiger partial charge in [0, 0.05) is 37.1 Å². The summed E-state index contributed by atoms with van der Waals surface area (Å²) < 4.78 is 7.13. The number of aromatic amines is 1. The lowest BCUT2D eigenvalue weighted by Gasteiger charge is -2.24. The number of carbonyl (C=O) groups is 4. The highest BCUT2D eigenvalue weighted by molar-refractivity contribution is 6.00. The molecule has 13 heteroatoms. The second-order valence-corrected chi connectivity index (χ2v) is 12.1. The molecule has 2 aromatic carbocycles. The number of hydrogen-bond donors (Lipinski definition) is 5. The first-order valence-corrected chi connectivity index (χ1v) is 15.9. The molecule has 5 N–H and O–H groups in total. The summed E-state index contributed by atoms with van der Waals surface area (Å²) >= 11 is 0. The number of fused-ring (bicyclic) bond motifs is 4. The van der Waals surface area contributed by atoms with Crippen molar-refractivity contribution in [1.82, 2.24) is 35.8 Å². The van der Waals surface area contributed by atoms with Crippen LogP contribution in [-0.4, -0.2) is 56.8 Å². The number of amides is 4. The van der Waals surface area contributed by atoms with E-state index >= 15 is 0 Å². The molecule has 1 aliphatic rings. The number of rotatable bonds is 4. The normalized spacial score (nSPS) is 19.5. The summed E-state index contributed by atoms with van der Waals surface area (Å²) in [6.07, 6.45) is 3.05. The molecule has 3 aromatic heterocycles. The Morgan fingerprint density at radius 3 is 2.62 bits per heavy atom. The van der Waals surface area contributed by atoms with E-state index in [4.69, 9.17) is 4.42 Å². The zero-order valence-electron chi connectivity index (χ0n) is 26.9. The van der Waals surface area contributed by atoms with Gasteiger partial charge in [-0.15, -0.1) is 0 Å². The van der Waals surface area contributed by atoms with Crippen molar-refractivity contribution in [3.05, 3.63) is 99.6 Å². The average molecular weight is 652 g/mol. The summed E-state index contributed by atoms with van der Waals surface area (Å²) in [4.78, 5) is 75.0. The fourth-order valence-corrected chi connectivity index (χ4v) is 6.04. The average Bonchev–Trinajstić information content (AvgIpc) is 3.68. The minimum absolute atomic E-state index is 0.106. The Hall–Kier alpha value is -5.72. The molecule has 248 valence electrons. The Kier molecular flexibility index (Phi) is 9.10. The number of hydrogen-bond acceptors (Lipinski definition) is 7. The molecule has 0 fully saturated rings. The molecule has 0 aliphatic carbocycles. The van der Waals surface area contributed by atoms with E-state index in [1.54, 1.807) is 45.3 Å². The van der Waals surface area contributed by atoms with Crippen molar-refractivity contribution < 1.29 is 23.6 Å². The maximum absolute atomic E-state index is 14.0. The molecule has 3 atom stereocenters. The van der Waals surface area contributed by atoms with E-state index < -0.39 is 47.3 Å². The Labute approximate surface area is 275 Å². The third-order valence-corrected chi connectivity index (χ3v) is 8.69. The number of carbonyl (C=O) groups excluding carboxylic acids is 4. The van der Waals surface area contributed by atoms with E-state index in [0.29, 0.717) is 36.0 Å². The Bertz CT molecular complexity index is 2090. The van der Waals surface area contributed by atoms with Crippen molar-refractivity contribution in [2.75, 3.05) is 6.54 Å². The highest BCUT2D eigenvalue weighted by atomic mass is 16.4. The van der Waals surface area contributed by atoms with E-state index in [0.717, 1.165) is 16.5 Å². The first kappa shape index (κ1) is 32.2. The lowest BCUT2D eigenvalue weighted by molar-refractivity contribution is -0.130. The lowest BCUT2D eigenvalue weighted by Crippen LogP contribution is -2.55. The van der Waals surface area contributed by atoms with Crippen molar-refractivity contribution in [2.45, 2.75) is 57.7 Å². The third kappa shape index (κ3) is 6.57. The van der Waals surface area contributed by atoms with Crippen LogP contribution in [0.25, 0.3) is 21.8 Å². The quantitative estimate of drug-likeness (QED) is 0.198. The van der Waals surface area contributed by atoms with Crippen LogP contribution in [0.1, 0.15) is 70.3 Å². The van der Waals surface area contributed by atoms with Gasteiger partial charge in [-0.1, -0.05) is 36.4 Å². The Morgan fingerprint density at radius 1 is 1.02 bits per heavy atom. The number of H-pyrrole nitrogens is 1. The molecular weight excluding hydrogens is 614 g/mol. The molecule has 0 unspecified atom stereocenters. The SMILES string of the molecule is Cc1oc2nc1C(=O)NCCCC[C@H](NC(=O)c1cc3ccccc3n(C)c1=O)C(=O)N[C@H](Cc1c[nH]c3ccccc13)C(=O)N[C@@H]2C. The summed E-state index contributed by atoms with van der Waals surface area (Å²) in [6.45, 7) is 3.60.